The van der Waals surface area contributed by atoms with Crippen LogP contribution in [0, 0.1) is 0 Å². The van der Waals surface area contributed by atoms with Crippen LogP contribution in [0.1, 0.15) is 0 Å². The Morgan fingerprint density at radius 2 is 1.50 bits per heavy atom. The van der Waals surface area contributed by atoms with Gasteiger partial charge in [0.05, 0.1) is 13.2 Å². The molecule has 0 heterocycles. The maximum Gasteiger partial charge on any atom is 0.397 e. The zero-order valence-corrected chi connectivity index (χ0v) is 7.17. The van der Waals surface area contributed by atoms with Crippen molar-refractivity contribution < 1.29 is 34.3 Å². The highest BCUT2D eigenvalue weighted by molar-refractivity contribution is 7.81. The average molecular weight is 221 g/mol. The molecule has 0 rings (SSSR count). The highest BCUT2D eigenvalue weighted by atomic mass is 32.3. The summed E-state index contributed by atoms with van der Waals surface area (Å²) in [5.74, 6) is 0. The van der Waals surface area contributed by atoms with E-state index in [2.05, 4.69) is 8.37 Å². The normalized spacial score (nSPS) is 13.2. The smallest absolute Gasteiger partial charge is 0.397 e. The first-order valence-electron chi connectivity index (χ1n) is 2.43. The first-order chi connectivity index (χ1) is 5.21. The summed E-state index contributed by atoms with van der Waals surface area (Å²) in [5, 5.41) is 0. The molecule has 1 N–H and O–H groups in total. The molecule has 0 aromatic rings. The molecule has 8 nitrogen and oxygen atoms in total. The molecule has 0 aromatic heterocycles. The molecule has 0 aliphatic rings. The molecule has 0 unspecified atom stereocenters. The van der Waals surface area contributed by atoms with E-state index >= 15 is 0 Å². The van der Waals surface area contributed by atoms with E-state index in [1.54, 1.807) is 0 Å². The van der Waals surface area contributed by atoms with Gasteiger partial charge >= 0.3 is 10.4 Å². The van der Waals surface area contributed by atoms with Crippen molar-refractivity contribution in [2.75, 3.05) is 13.2 Å². The van der Waals surface area contributed by atoms with E-state index < -0.39 is 34.0 Å². The van der Waals surface area contributed by atoms with E-state index in [9.17, 15) is 21.4 Å². The van der Waals surface area contributed by atoms with Gasteiger partial charge in [0.25, 0.3) is 0 Å². The van der Waals surface area contributed by atoms with Gasteiger partial charge in [-0.05, 0) is 0 Å². The molecular formula is C2H5O8S2-. The van der Waals surface area contributed by atoms with Crippen molar-refractivity contribution in [3.63, 3.8) is 0 Å². The lowest BCUT2D eigenvalue weighted by molar-refractivity contribution is 0.187. The summed E-state index contributed by atoms with van der Waals surface area (Å²) >= 11 is 0. The van der Waals surface area contributed by atoms with Crippen LogP contribution in [0.15, 0.2) is 0 Å². The topological polar surface area (TPSA) is 130 Å². The predicted octanol–water partition coefficient (Wildman–Crippen LogP) is -1.72. The molecule has 0 amide bonds. The summed E-state index contributed by atoms with van der Waals surface area (Å²) in [6.45, 7) is -1.52. The van der Waals surface area contributed by atoms with E-state index in [1.807, 2.05) is 0 Å². The van der Waals surface area contributed by atoms with Gasteiger partial charge in [-0.25, -0.2) is 12.6 Å². The van der Waals surface area contributed by atoms with E-state index in [4.69, 9.17) is 4.55 Å². The monoisotopic (exact) mass is 221 g/mol. The fraction of sp³-hybridized carbons (Fsp3) is 1.00. The summed E-state index contributed by atoms with van der Waals surface area (Å²) in [4.78, 5) is 0. The lowest BCUT2D eigenvalue weighted by Gasteiger charge is -2.05. The maximum atomic E-state index is 9.81. The number of hydrogen-bond acceptors (Lipinski definition) is 7. The van der Waals surface area contributed by atoms with Gasteiger partial charge in [0.1, 0.15) is 0 Å². The second kappa shape index (κ2) is 4.11. The number of rotatable bonds is 5. The van der Waals surface area contributed by atoms with Crippen molar-refractivity contribution in [2.45, 2.75) is 0 Å². The van der Waals surface area contributed by atoms with Crippen molar-refractivity contribution in [3.05, 3.63) is 0 Å². The maximum absolute atomic E-state index is 9.81. The predicted molar refractivity (Wildman–Crippen MR) is 33.1 cm³/mol. The minimum absolute atomic E-state index is 0.750. The van der Waals surface area contributed by atoms with Crippen molar-refractivity contribution in [1.29, 1.82) is 0 Å². The molecule has 0 aromatic carbocycles. The van der Waals surface area contributed by atoms with Crippen LogP contribution < -0.4 is 0 Å². The van der Waals surface area contributed by atoms with Gasteiger partial charge in [-0.3, -0.25) is 8.74 Å². The van der Waals surface area contributed by atoms with Gasteiger partial charge in [-0.15, -0.1) is 0 Å². The fourth-order valence-corrected chi connectivity index (χ4v) is 0.826. The Morgan fingerprint density at radius 3 is 1.83 bits per heavy atom. The standard InChI is InChI=1S/C2H6O8S2/c3-11(4,5)9-1-2-10-12(6,7)8/h1-2H2,(H,3,4,5)(H,6,7,8)/p-1. The Morgan fingerprint density at radius 1 is 1.08 bits per heavy atom. The summed E-state index contributed by atoms with van der Waals surface area (Å²) < 4.78 is 63.8. The summed E-state index contributed by atoms with van der Waals surface area (Å²) in [5.41, 5.74) is 0. The summed E-state index contributed by atoms with van der Waals surface area (Å²) in [6.07, 6.45) is 0. The molecule has 0 spiro atoms. The molecule has 0 atom stereocenters. The van der Waals surface area contributed by atoms with Crippen LogP contribution in [-0.4, -0.2) is 39.2 Å². The lowest BCUT2D eigenvalue weighted by atomic mass is 10.8. The Bertz CT molecular complexity index is 275. The second-order valence-corrected chi connectivity index (χ2v) is 3.62. The highest BCUT2D eigenvalue weighted by Gasteiger charge is 2.03. The summed E-state index contributed by atoms with van der Waals surface area (Å²) in [6, 6.07) is 0. The van der Waals surface area contributed by atoms with Gasteiger partial charge < -0.3 is 4.55 Å². The molecule has 0 radical (unpaired) electrons. The third-order valence-corrected chi connectivity index (χ3v) is 1.46. The highest BCUT2D eigenvalue weighted by Crippen LogP contribution is 1.89. The van der Waals surface area contributed by atoms with Crippen molar-refractivity contribution in [3.8, 4) is 0 Å². The van der Waals surface area contributed by atoms with E-state index in [-0.39, 0.29) is 0 Å². The molecule has 0 aliphatic carbocycles. The van der Waals surface area contributed by atoms with Gasteiger partial charge in [-0.2, -0.15) is 8.42 Å². The molecule has 0 saturated carbocycles. The first-order valence-corrected chi connectivity index (χ1v) is 5.13. The van der Waals surface area contributed by atoms with E-state index in [1.165, 1.54) is 0 Å². The average Bonchev–Trinajstić information content (AvgIpc) is 1.76. The minimum Gasteiger partial charge on any atom is -0.726 e. The second-order valence-electron chi connectivity index (χ2n) is 1.48. The van der Waals surface area contributed by atoms with Crippen LogP contribution in [0.25, 0.3) is 0 Å². The van der Waals surface area contributed by atoms with Crippen LogP contribution in [0.3, 0.4) is 0 Å². The van der Waals surface area contributed by atoms with Gasteiger partial charge in [0, 0.05) is 0 Å². The Balaban J connectivity index is 3.62. The van der Waals surface area contributed by atoms with Crippen LogP contribution in [0.2, 0.25) is 0 Å². The Labute approximate surface area is 69.0 Å². The molecule has 0 fully saturated rings. The minimum atomic E-state index is -4.85. The van der Waals surface area contributed by atoms with Crippen molar-refractivity contribution >= 4 is 20.8 Å². The van der Waals surface area contributed by atoms with E-state index in [0.29, 0.717) is 0 Å². The quantitative estimate of drug-likeness (QED) is 0.329. The largest absolute Gasteiger partial charge is 0.726 e. The molecule has 12 heavy (non-hydrogen) atoms. The van der Waals surface area contributed by atoms with Crippen LogP contribution in [0.4, 0.5) is 0 Å². The van der Waals surface area contributed by atoms with Gasteiger partial charge in [0.2, 0.25) is 10.4 Å². The lowest BCUT2D eigenvalue weighted by Crippen LogP contribution is -2.13. The van der Waals surface area contributed by atoms with Crippen molar-refractivity contribution in [1.82, 2.24) is 0 Å². The van der Waals surface area contributed by atoms with Crippen LogP contribution in [0.5, 0.6) is 0 Å². The molecule has 10 heteroatoms. The fourth-order valence-electron chi connectivity index (χ4n) is 0.275. The molecule has 74 valence electrons. The van der Waals surface area contributed by atoms with Gasteiger partial charge in [-0.1, -0.05) is 0 Å². The molecular weight excluding hydrogens is 216 g/mol. The molecule has 0 aliphatic heterocycles. The zero-order valence-electron chi connectivity index (χ0n) is 5.54. The van der Waals surface area contributed by atoms with Crippen LogP contribution >= 0.6 is 0 Å². The summed E-state index contributed by atoms with van der Waals surface area (Å²) in [7, 11) is -9.47. The Kier molecular flexibility index (Phi) is 4.02. The first kappa shape index (κ1) is 11.7. The van der Waals surface area contributed by atoms with Gasteiger partial charge in [0.15, 0.2) is 0 Å². The Hall–Kier alpha value is -0.260. The number of hydrogen-bond donors (Lipinski definition) is 1. The van der Waals surface area contributed by atoms with E-state index in [0.717, 1.165) is 0 Å². The molecule has 0 saturated heterocycles. The zero-order chi connectivity index (χ0) is 9.83. The third kappa shape index (κ3) is 9.74. The van der Waals surface area contributed by atoms with Crippen molar-refractivity contribution in [2.24, 2.45) is 0 Å². The third-order valence-electron chi connectivity index (χ3n) is 0.543. The SMILES string of the molecule is O=S(=O)([O-])OCCOS(=O)(=O)O. The van der Waals surface area contributed by atoms with Crippen LogP contribution in [-0.2, 0) is 29.2 Å². The molecule has 0 bridgehead atoms.